The minimum atomic E-state index is 0.534. The first-order valence-corrected chi connectivity index (χ1v) is 5.87. The van der Waals surface area contributed by atoms with Gasteiger partial charge >= 0.3 is 0 Å². The van der Waals surface area contributed by atoms with E-state index in [1.807, 2.05) is 24.3 Å². The maximum absolute atomic E-state index is 5.75. The van der Waals surface area contributed by atoms with Crippen LogP contribution in [-0.2, 0) is 6.42 Å². The van der Waals surface area contributed by atoms with Gasteiger partial charge in [0, 0.05) is 12.7 Å². The van der Waals surface area contributed by atoms with Gasteiger partial charge in [-0.3, -0.25) is 0 Å². The molecule has 0 bridgehead atoms. The van der Waals surface area contributed by atoms with Gasteiger partial charge in [-0.15, -0.1) is 0 Å². The molecule has 1 heterocycles. The number of nitrogens with zero attached hydrogens (tertiary/aromatic N) is 1. The molecule has 0 aliphatic carbocycles. The molecule has 2 rings (SSSR count). The molecule has 18 heavy (non-hydrogen) atoms. The zero-order valence-corrected chi connectivity index (χ0v) is 10.4. The Hall–Kier alpha value is -2.23. The van der Waals surface area contributed by atoms with Crippen LogP contribution in [0.3, 0.4) is 0 Å². The minimum absolute atomic E-state index is 0.534. The average Bonchev–Trinajstić information content (AvgIpc) is 2.42. The van der Waals surface area contributed by atoms with Crippen LogP contribution in [0.25, 0.3) is 0 Å². The predicted molar refractivity (Wildman–Crippen MR) is 73.8 cm³/mol. The molecule has 0 fully saturated rings. The smallest absolute Gasteiger partial charge is 0.146 e. The molecule has 0 atom stereocenters. The molecule has 3 N–H and O–H groups in total. The second-order valence-electron chi connectivity index (χ2n) is 3.96. The average molecular weight is 243 g/mol. The Balaban J connectivity index is 1.86. The fourth-order valence-corrected chi connectivity index (χ4v) is 1.70. The van der Waals surface area contributed by atoms with Gasteiger partial charge in [0.2, 0.25) is 0 Å². The highest BCUT2D eigenvalue weighted by Crippen LogP contribution is 2.14. The van der Waals surface area contributed by atoms with Crippen molar-refractivity contribution in [3.63, 3.8) is 0 Å². The number of pyridine rings is 1. The highest BCUT2D eigenvalue weighted by atomic mass is 16.5. The molecule has 0 radical (unpaired) electrons. The molecule has 4 heteroatoms. The molecule has 94 valence electrons. The number of methoxy groups -OCH3 is 1. The summed E-state index contributed by atoms with van der Waals surface area (Å²) in [5.41, 5.74) is 7.88. The first kappa shape index (κ1) is 12.2. The van der Waals surface area contributed by atoms with Crippen molar-refractivity contribution in [2.75, 3.05) is 24.7 Å². The molecule has 0 aliphatic heterocycles. The predicted octanol–water partition coefficient (Wildman–Crippen LogP) is 2.33. The summed E-state index contributed by atoms with van der Waals surface area (Å²) in [6, 6.07) is 11.9. The van der Waals surface area contributed by atoms with Crippen molar-refractivity contribution in [1.29, 1.82) is 0 Å². The van der Waals surface area contributed by atoms with E-state index in [1.165, 1.54) is 5.56 Å². The Labute approximate surface area is 107 Å². The van der Waals surface area contributed by atoms with Gasteiger partial charge in [-0.2, -0.15) is 0 Å². The maximum Gasteiger partial charge on any atom is 0.146 e. The first-order valence-electron chi connectivity index (χ1n) is 5.87. The second-order valence-corrected chi connectivity index (χ2v) is 3.96. The van der Waals surface area contributed by atoms with Crippen LogP contribution in [0.2, 0.25) is 0 Å². The topological polar surface area (TPSA) is 60.2 Å². The Bertz CT molecular complexity index is 497. The summed E-state index contributed by atoms with van der Waals surface area (Å²) in [7, 11) is 1.67. The highest BCUT2D eigenvalue weighted by Gasteiger charge is 1.98. The van der Waals surface area contributed by atoms with Gasteiger partial charge < -0.3 is 15.8 Å². The zero-order valence-electron chi connectivity index (χ0n) is 10.4. The lowest BCUT2D eigenvalue weighted by molar-refractivity contribution is 0.414. The molecular weight excluding hydrogens is 226 g/mol. The molecule has 1 aromatic heterocycles. The maximum atomic E-state index is 5.75. The van der Waals surface area contributed by atoms with Gasteiger partial charge in [0.25, 0.3) is 0 Å². The highest BCUT2D eigenvalue weighted by molar-refractivity contribution is 5.60. The summed E-state index contributed by atoms with van der Waals surface area (Å²) < 4.78 is 5.12. The van der Waals surface area contributed by atoms with Gasteiger partial charge in [-0.05, 0) is 36.2 Å². The molecule has 0 saturated carbocycles. The summed E-state index contributed by atoms with van der Waals surface area (Å²) in [6.45, 7) is 0.822. The van der Waals surface area contributed by atoms with Gasteiger partial charge in [0.1, 0.15) is 11.6 Å². The van der Waals surface area contributed by atoms with E-state index in [0.29, 0.717) is 5.82 Å². The monoisotopic (exact) mass is 243 g/mol. The van der Waals surface area contributed by atoms with Crippen molar-refractivity contribution >= 4 is 11.5 Å². The largest absolute Gasteiger partial charge is 0.497 e. The van der Waals surface area contributed by atoms with E-state index in [9.17, 15) is 0 Å². The Morgan fingerprint density at radius 1 is 1.22 bits per heavy atom. The molecule has 0 saturated heterocycles. The molecule has 0 amide bonds. The summed E-state index contributed by atoms with van der Waals surface area (Å²) in [6.07, 6.45) is 2.61. The van der Waals surface area contributed by atoms with E-state index in [2.05, 4.69) is 22.4 Å². The number of nitrogens with two attached hydrogens (primary N) is 1. The number of nitrogens with one attached hydrogen (secondary N) is 1. The number of nitrogen functional groups attached to an aromatic ring is 1. The molecule has 1 aromatic carbocycles. The van der Waals surface area contributed by atoms with Crippen LogP contribution in [0.1, 0.15) is 5.56 Å². The number of anilines is 2. The SMILES string of the molecule is COc1ccc(CCNc2cccnc2N)cc1. The minimum Gasteiger partial charge on any atom is -0.497 e. The molecular formula is C14H17N3O. The van der Waals surface area contributed by atoms with Crippen LogP contribution < -0.4 is 15.8 Å². The third-order valence-corrected chi connectivity index (χ3v) is 2.73. The van der Waals surface area contributed by atoms with Gasteiger partial charge in [0.15, 0.2) is 0 Å². The van der Waals surface area contributed by atoms with Crippen molar-refractivity contribution in [2.24, 2.45) is 0 Å². The number of ether oxygens (including phenoxy) is 1. The van der Waals surface area contributed by atoms with Crippen LogP contribution in [0, 0.1) is 0 Å². The Morgan fingerprint density at radius 2 is 2.00 bits per heavy atom. The molecule has 0 spiro atoms. The number of rotatable bonds is 5. The van der Waals surface area contributed by atoms with Crippen LogP contribution in [0.4, 0.5) is 11.5 Å². The fourth-order valence-electron chi connectivity index (χ4n) is 1.70. The Morgan fingerprint density at radius 3 is 2.67 bits per heavy atom. The molecule has 0 aliphatic rings. The third kappa shape index (κ3) is 3.13. The molecule has 4 nitrogen and oxygen atoms in total. The molecule has 0 unspecified atom stereocenters. The number of hydrogen-bond acceptors (Lipinski definition) is 4. The summed E-state index contributed by atoms with van der Waals surface area (Å²) in [5, 5.41) is 3.27. The van der Waals surface area contributed by atoms with Gasteiger partial charge in [-0.25, -0.2) is 4.98 Å². The van der Waals surface area contributed by atoms with E-state index >= 15 is 0 Å². The van der Waals surface area contributed by atoms with Crippen molar-refractivity contribution in [1.82, 2.24) is 4.98 Å². The van der Waals surface area contributed by atoms with E-state index in [1.54, 1.807) is 13.3 Å². The summed E-state index contributed by atoms with van der Waals surface area (Å²) in [4.78, 5) is 4.03. The van der Waals surface area contributed by atoms with Gasteiger partial charge in [-0.1, -0.05) is 12.1 Å². The van der Waals surface area contributed by atoms with Gasteiger partial charge in [0.05, 0.1) is 12.8 Å². The molecule has 2 aromatic rings. The van der Waals surface area contributed by atoms with Crippen molar-refractivity contribution in [2.45, 2.75) is 6.42 Å². The lowest BCUT2D eigenvalue weighted by Crippen LogP contribution is -2.07. The van der Waals surface area contributed by atoms with Crippen LogP contribution in [0.15, 0.2) is 42.6 Å². The number of benzene rings is 1. The second kappa shape index (κ2) is 5.91. The zero-order chi connectivity index (χ0) is 12.8. The van der Waals surface area contributed by atoms with E-state index in [4.69, 9.17) is 10.5 Å². The van der Waals surface area contributed by atoms with E-state index in [-0.39, 0.29) is 0 Å². The van der Waals surface area contributed by atoms with Crippen molar-refractivity contribution < 1.29 is 4.74 Å². The fraction of sp³-hybridized carbons (Fsp3) is 0.214. The summed E-state index contributed by atoms with van der Waals surface area (Å²) in [5.74, 6) is 1.41. The van der Waals surface area contributed by atoms with Crippen LogP contribution in [-0.4, -0.2) is 18.6 Å². The van der Waals surface area contributed by atoms with E-state index in [0.717, 1.165) is 24.4 Å². The summed E-state index contributed by atoms with van der Waals surface area (Å²) >= 11 is 0. The number of aromatic nitrogens is 1. The number of hydrogen-bond donors (Lipinski definition) is 2. The normalized spacial score (nSPS) is 10.1. The lowest BCUT2D eigenvalue weighted by atomic mass is 10.1. The first-order chi connectivity index (χ1) is 8.79. The quantitative estimate of drug-likeness (QED) is 0.846. The Kier molecular flexibility index (Phi) is 4.02. The van der Waals surface area contributed by atoms with Crippen molar-refractivity contribution in [3.05, 3.63) is 48.2 Å². The van der Waals surface area contributed by atoms with Crippen LogP contribution >= 0.6 is 0 Å². The standard InChI is InChI=1S/C14H17N3O/c1-18-12-6-4-11(5-7-12)8-10-16-13-3-2-9-17-14(13)15/h2-7,9,16H,8,10H2,1H3,(H2,15,17). The van der Waals surface area contributed by atoms with Crippen LogP contribution in [0.5, 0.6) is 5.75 Å². The van der Waals surface area contributed by atoms with Crippen molar-refractivity contribution in [3.8, 4) is 5.75 Å². The lowest BCUT2D eigenvalue weighted by Gasteiger charge is -2.08. The third-order valence-electron chi connectivity index (χ3n) is 2.73. The van der Waals surface area contributed by atoms with E-state index < -0.39 is 0 Å².